The predicted octanol–water partition coefficient (Wildman–Crippen LogP) is 2.72. The third kappa shape index (κ3) is 3.02. The van der Waals surface area contributed by atoms with Crippen LogP contribution in [0.2, 0.25) is 0 Å². The van der Waals surface area contributed by atoms with E-state index in [1.807, 2.05) is 25.1 Å². The average Bonchev–Trinajstić information content (AvgIpc) is 2.75. The number of nitrogens with zero attached hydrogens (tertiary/aromatic N) is 1. The molecule has 0 aromatic carbocycles. The molecule has 1 unspecified atom stereocenters. The van der Waals surface area contributed by atoms with Gasteiger partial charge in [-0.05, 0) is 45.4 Å². The molecule has 0 saturated heterocycles. The highest BCUT2D eigenvalue weighted by Gasteiger charge is 2.21. The van der Waals surface area contributed by atoms with Crippen molar-refractivity contribution in [2.45, 2.75) is 33.7 Å². The number of carbonyl (C=O) groups is 2. The first-order chi connectivity index (χ1) is 9.91. The molecule has 0 fully saturated rings. The van der Waals surface area contributed by atoms with Crippen molar-refractivity contribution >= 4 is 11.7 Å². The Bertz CT molecular complexity index is 674. The maximum absolute atomic E-state index is 12.4. The molecule has 5 heteroatoms. The Morgan fingerprint density at radius 3 is 2.52 bits per heavy atom. The van der Waals surface area contributed by atoms with Crippen molar-refractivity contribution in [3.05, 3.63) is 52.6 Å². The number of pyridine rings is 1. The van der Waals surface area contributed by atoms with Crippen LogP contribution in [0.1, 0.15) is 57.7 Å². The summed E-state index contributed by atoms with van der Waals surface area (Å²) in [6, 6.07) is 5.36. The first kappa shape index (κ1) is 15.0. The number of aromatic amines is 1. The Kier molecular flexibility index (Phi) is 4.21. The number of aryl methyl sites for hydroxylation is 1. The van der Waals surface area contributed by atoms with Gasteiger partial charge in [0, 0.05) is 17.5 Å². The van der Waals surface area contributed by atoms with Crippen molar-refractivity contribution in [1.82, 2.24) is 15.3 Å². The van der Waals surface area contributed by atoms with Crippen molar-refractivity contribution in [3.63, 3.8) is 0 Å². The van der Waals surface area contributed by atoms with E-state index in [2.05, 4.69) is 15.3 Å². The van der Waals surface area contributed by atoms with Crippen LogP contribution in [0, 0.1) is 13.8 Å². The van der Waals surface area contributed by atoms with Crippen LogP contribution >= 0.6 is 0 Å². The summed E-state index contributed by atoms with van der Waals surface area (Å²) < 4.78 is 0. The van der Waals surface area contributed by atoms with Gasteiger partial charge in [0.1, 0.15) is 5.69 Å². The number of carbonyl (C=O) groups excluding carboxylic acids is 2. The summed E-state index contributed by atoms with van der Waals surface area (Å²) in [7, 11) is 0. The molecule has 1 amide bonds. The van der Waals surface area contributed by atoms with Gasteiger partial charge in [0.2, 0.25) is 0 Å². The summed E-state index contributed by atoms with van der Waals surface area (Å²) in [5.74, 6) is -0.278. The Labute approximate surface area is 123 Å². The van der Waals surface area contributed by atoms with Gasteiger partial charge in [-0.2, -0.15) is 0 Å². The molecule has 2 rings (SSSR count). The van der Waals surface area contributed by atoms with Gasteiger partial charge in [0.05, 0.1) is 11.7 Å². The number of rotatable bonds is 4. The minimum Gasteiger partial charge on any atom is -0.354 e. The van der Waals surface area contributed by atoms with E-state index in [-0.39, 0.29) is 17.7 Å². The second-order valence-electron chi connectivity index (χ2n) is 5.13. The molecule has 2 aromatic heterocycles. The fraction of sp³-hybridized carbons (Fsp3) is 0.312. The summed E-state index contributed by atoms with van der Waals surface area (Å²) in [5, 5.41) is 2.89. The summed E-state index contributed by atoms with van der Waals surface area (Å²) in [4.78, 5) is 31.2. The maximum Gasteiger partial charge on any atom is 0.268 e. The van der Waals surface area contributed by atoms with E-state index >= 15 is 0 Å². The van der Waals surface area contributed by atoms with Gasteiger partial charge < -0.3 is 10.3 Å². The molecule has 0 radical (unpaired) electrons. The van der Waals surface area contributed by atoms with E-state index in [0.717, 1.165) is 11.4 Å². The molecule has 0 spiro atoms. The number of hydrogen-bond acceptors (Lipinski definition) is 3. The standard InChI is InChI=1S/C16H19N3O2/c1-9-14(12(4)20)11(3)18-15(9)16(21)19-10(2)13-7-5-6-8-17-13/h5-8,10,18H,1-4H3,(H,19,21). The Balaban J connectivity index is 2.22. The SMILES string of the molecule is CC(=O)c1c(C)[nH]c(C(=O)NC(C)c2ccccn2)c1C. The number of H-pyrrole nitrogens is 1. The van der Waals surface area contributed by atoms with E-state index in [1.165, 1.54) is 6.92 Å². The van der Waals surface area contributed by atoms with E-state index < -0.39 is 0 Å². The Morgan fingerprint density at radius 1 is 1.29 bits per heavy atom. The topological polar surface area (TPSA) is 74.8 Å². The molecule has 2 heterocycles. The second-order valence-corrected chi connectivity index (χ2v) is 5.13. The molecule has 0 aliphatic rings. The minimum absolute atomic E-state index is 0.0434. The van der Waals surface area contributed by atoms with E-state index in [9.17, 15) is 9.59 Å². The van der Waals surface area contributed by atoms with Gasteiger partial charge in [-0.1, -0.05) is 6.07 Å². The summed E-state index contributed by atoms with van der Waals surface area (Å²) >= 11 is 0. The van der Waals surface area contributed by atoms with Crippen LogP contribution in [-0.4, -0.2) is 21.7 Å². The molecule has 21 heavy (non-hydrogen) atoms. The van der Waals surface area contributed by atoms with Crippen molar-refractivity contribution in [2.24, 2.45) is 0 Å². The largest absolute Gasteiger partial charge is 0.354 e. The van der Waals surface area contributed by atoms with Crippen molar-refractivity contribution in [1.29, 1.82) is 0 Å². The van der Waals surface area contributed by atoms with Gasteiger partial charge in [-0.3, -0.25) is 14.6 Å². The normalized spacial score (nSPS) is 12.0. The van der Waals surface area contributed by atoms with Gasteiger partial charge in [-0.15, -0.1) is 0 Å². The number of hydrogen-bond donors (Lipinski definition) is 2. The zero-order valence-electron chi connectivity index (χ0n) is 12.7. The smallest absolute Gasteiger partial charge is 0.268 e. The highest BCUT2D eigenvalue weighted by atomic mass is 16.2. The zero-order valence-corrected chi connectivity index (χ0v) is 12.7. The summed E-state index contributed by atoms with van der Waals surface area (Å²) in [5.41, 5.74) is 3.21. The highest BCUT2D eigenvalue weighted by molar-refractivity contribution is 6.02. The summed E-state index contributed by atoms with van der Waals surface area (Å²) in [6.45, 7) is 6.95. The molecule has 0 bridgehead atoms. The van der Waals surface area contributed by atoms with E-state index in [4.69, 9.17) is 0 Å². The monoisotopic (exact) mass is 285 g/mol. The number of nitrogens with one attached hydrogen (secondary N) is 2. The maximum atomic E-state index is 12.4. The molecule has 0 aliphatic heterocycles. The molecular formula is C16H19N3O2. The van der Waals surface area contributed by atoms with E-state index in [0.29, 0.717) is 16.8 Å². The molecule has 0 aliphatic carbocycles. The van der Waals surface area contributed by atoms with Crippen LogP contribution in [-0.2, 0) is 0 Å². The van der Waals surface area contributed by atoms with Crippen LogP contribution < -0.4 is 5.32 Å². The van der Waals surface area contributed by atoms with Crippen LogP contribution in [0.15, 0.2) is 24.4 Å². The molecule has 110 valence electrons. The lowest BCUT2D eigenvalue weighted by molar-refractivity contribution is 0.0933. The third-order valence-electron chi connectivity index (χ3n) is 3.50. The van der Waals surface area contributed by atoms with Gasteiger partial charge in [0.25, 0.3) is 5.91 Å². The fourth-order valence-corrected chi connectivity index (χ4v) is 2.48. The van der Waals surface area contributed by atoms with Crippen molar-refractivity contribution in [2.75, 3.05) is 0 Å². The van der Waals surface area contributed by atoms with Crippen molar-refractivity contribution < 1.29 is 9.59 Å². The average molecular weight is 285 g/mol. The van der Waals surface area contributed by atoms with Crippen LogP contribution in [0.25, 0.3) is 0 Å². The Morgan fingerprint density at radius 2 is 2.00 bits per heavy atom. The lowest BCUT2D eigenvalue weighted by Gasteiger charge is -2.13. The van der Waals surface area contributed by atoms with Gasteiger partial charge in [-0.25, -0.2) is 0 Å². The molecule has 5 nitrogen and oxygen atoms in total. The first-order valence-electron chi connectivity index (χ1n) is 6.83. The van der Waals surface area contributed by atoms with Gasteiger partial charge in [0.15, 0.2) is 5.78 Å². The zero-order chi connectivity index (χ0) is 15.6. The highest BCUT2D eigenvalue weighted by Crippen LogP contribution is 2.19. The van der Waals surface area contributed by atoms with Crippen LogP contribution in [0.3, 0.4) is 0 Å². The second kappa shape index (κ2) is 5.91. The number of ketones is 1. The Hall–Kier alpha value is -2.43. The number of aromatic nitrogens is 2. The van der Waals surface area contributed by atoms with Gasteiger partial charge >= 0.3 is 0 Å². The quantitative estimate of drug-likeness (QED) is 0.848. The number of amides is 1. The fourth-order valence-electron chi connectivity index (χ4n) is 2.48. The molecule has 1 atom stereocenters. The molecular weight excluding hydrogens is 266 g/mol. The lowest BCUT2D eigenvalue weighted by atomic mass is 10.1. The molecule has 0 saturated carbocycles. The first-order valence-corrected chi connectivity index (χ1v) is 6.83. The van der Waals surface area contributed by atoms with Crippen LogP contribution in [0.4, 0.5) is 0 Å². The minimum atomic E-state index is -0.235. The molecule has 2 N–H and O–H groups in total. The molecule has 2 aromatic rings. The van der Waals surface area contributed by atoms with Crippen molar-refractivity contribution in [3.8, 4) is 0 Å². The lowest BCUT2D eigenvalue weighted by Crippen LogP contribution is -2.28. The third-order valence-corrected chi connectivity index (χ3v) is 3.50. The van der Waals surface area contributed by atoms with E-state index in [1.54, 1.807) is 20.0 Å². The summed E-state index contributed by atoms with van der Waals surface area (Å²) in [6.07, 6.45) is 1.69. The predicted molar refractivity (Wildman–Crippen MR) is 80.4 cm³/mol. The van der Waals surface area contributed by atoms with Crippen LogP contribution in [0.5, 0.6) is 0 Å². The number of Topliss-reactive ketones (excluding diaryl/α,β-unsaturated/α-hetero) is 1.